The summed E-state index contributed by atoms with van der Waals surface area (Å²) in [7, 11) is 0. The summed E-state index contributed by atoms with van der Waals surface area (Å²) in [6.45, 7) is 4.14. The number of benzene rings is 1. The van der Waals surface area contributed by atoms with Crippen LogP contribution in [0.15, 0.2) is 41.8 Å². The van der Waals surface area contributed by atoms with Crippen LogP contribution in [0.1, 0.15) is 22.0 Å². The second-order valence-electron chi connectivity index (χ2n) is 4.94. The first-order valence-electron chi connectivity index (χ1n) is 6.87. The highest BCUT2D eigenvalue weighted by Gasteiger charge is 2.24. The zero-order valence-corrected chi connectivity index (χ0v) is 12.1. The lowest BCUT2D eigenvalue weighted by atomic mass is 10.0. The lowest BCUT2D eigenvalue weighted by Crippen LogP contribution is -2.45. The van der Waals surface area contributed by atoms with Gasteiger partial charge in [0.1, 0.15) is 0 Å². The minimum Gasteiger partial charge on any atom is -0.314 e. The number of thiophene rings is 1. The van der Waals surface area contributed by atoms with E-state index in [0.29, 0.717) is 0 Å². The molecule has 1 saturated heterocycles. The first kappa shape index (κ1) is 13.3. The predicted octanol–water partition coefficient (Wildman–Crippen LogP) is 2.61. The molecule has 0 spiro atoms. The average molecular weight is 283 g/mol. The van der Waals surface area contributed by atoms with Crippen LogP contribution in [-0.4, -0.2) is 31.1 Å². The standard InChI is InChI=1S/C16H17N3S/c17-12-13-3-1-4-14(11-13)16(15-5-2-10-20-15)19-8-6-18-7-9-19/h1-5,10-11,16,18H,6-9H2/t16-/m0/s1. The molecule has 0 bridgehead atoms. The Morgan fingerprint density at radius 3 is 2.75 bits per heavy atom. The Balaban J connectivity index is 1.98. The zero-order valence-electron chi connectivity index (χ0n) is 11.2. The summed E-state index contributed by atoms with van der Waals surface area (Å²) in [5.41, 5.74) is 1.95. The molecular weight excluding hydrogens is 266 g/mol. The van der Waals surface area contributed by atoms with Crippen LogP contribution in [-0.2, 0) is 0 Å². The van der Waals surface area contributed by atoms with Crippen molar-refractivity contribution in [1.29, 1.82) is 5.26 Å². The molecule has 1 fully saturated rings. The van der Waals surface area contributed by atoms with Crippen LogP contribution >= 0.6 is 11.3 Å². The lowest BCUT2D eigenvalue weighted by Gasteiger charge is -2.34. The molecule has 102 valence electrons. The van der Waals surface area contributed by atoms with E-state index in [1.165, 1.54) is 10.4 Å². The third-order valence-corrected chi connectivity index (χ3v) is 4.59. The fourth-order valence-electron chi connectivity index (χ4n) is 2.72. The Morgan fingerprint density at radius 1 is 1.20 bits per heavy atom. The number of rotatable bonds is 3. The number of nitrogens with zero attached hydrogens (tertiary/aromatic N) is 2. The molecule has 1 N–H and O–H groups in total. The molecule has 0 unspecified atom stereocenters. The van der Waals surface area contributed by atoms with Gasteiger partial charge in [0, 0.05) is 31.1 Å². The third-order valence-electron chi connectivity index (χ3n) is 3.66. The molecule has 1 aliphatic heterocycles. The molecule has 0 amide bonds. The average Bonchev–Trinajstić information content (AvgIpc) is 3.03. The molecule has 1 aromatic heterocycles. The largest absolute Gasteiger partial charge is 0.314 e. The van der Waals surface area contributed by atoms with Crippen LogP contribution in [0.2, 0.25) is 0 Å². The monoisotopic (exact) mass is 283 g/mol. The van der Waals surface area contributed by atoms with Crippen LogP contribution < -0.4 is 5.32 Å². The van der Waals surface area contributed by atoms with Crippen LogP contribution in [0.5, 0.6) is 0 Å². The van der Waals surface area contributed by atoms with Crippen molar-refractivity contribution >= 4 is 11.3 Å². The van der Waals surface area contributed by atoms with Gasteiger partial charge in [-0.15, -0.1) is 11.3 Å². The smallest absolute Gasteiger partial charge is 0.0991 e. The topological polar surface area (TPSA) is 39.1 Å². The van der Waals surface area contributed by atoms with Gasteiger partial charge in [-0.2, -0.15) is 5.26 Å². The number of hydrogen-bond acceptors (Lipinski definition) is 4. The molecule has 2 aromatic rings. The van der Waals surface area contributed by atoms with Crippen molar-refractivity contribution in [2.24, 2.45) is 0 Å². The van der Waals surface area contributed by atoms with Crippen molar-refractivity contribution in [1.82, 2.24) is 10.2 Å². The van der Waals surface area contributed by atoms with Gasteiger partial charge in [0.25, 0.3) is 0 Å². The Labute approximate surface area is 123 Å². The lowest BCUT2D eigenvalue weighted by molar-refractivity contribution is 0.200. The summed E-state index contributed by atoms with van der Waals surface area (Å²) in [5.74, 6) is 0. The normalized spacial score (nSPS) is 17.6. The van der Waals surface area contributed by atoms with Gasteiger partial charge >= 0.3 is 0 Å². The van der Waals surface area contributed by atoms with Gasteiger partial charge in [0.2, 0.25) is 0 Å². The van der Waals surface area contributed by atoms with E-state index in [1.807, 2.05) is 18.2 Å². The van der Waals surface area contributed by atoms with Crippen molar-refractivity contribution in [3.8, 4) is 6.07 Å². The van der Waals surface area contributed by atoms with Gasteiger partial charge < -0.3 is 5.32 Å². The Hall–Kier alpha value is -1.67. The summed E-state index contributed by atoms with van der Waals surface area (Å²) in [5, 5.41) is 14.6. The molecular formula is C16H17N3S. The highest BCUT2D eigenvalue weighted by atomic mass is 32.1. The van der Waals surface area contributed by atoms with Gasteiger partial charge in [0.15, 0.2) is 0 Å². The van der Waals surface area contributed by atoms with E-state index >= 15 is 0 Å². The van der Waals surface area contributed by atoms with Crippen molar-refractivity contribution in [3.63, 3.8) is 0 Å². The number of nitriles is 1. The predicted molar refractivity (Wildman–Crippen MR) is 81.8 cm³/mol. The van der Waals surface area contributed by atoms with Gasteiger partial charge in [-0.1, -0.05) is 18.2 Å². The van der Waals surface area contributed by atoms with Gasteiger partial charge in [-0.05, 0) is 29.1 Å². The third kappa shape index (κ3) is 2.75. The minimum atomic E-state index is 0.269. The van der Waals surface area contributed by atoms with E-state index < -0.39 is 0 Å². The molecule has 0 saturated carbocycles. The summed E-state index contributed by atoms with van der Waals surface area (Å²) in [4.78, 5) is 3.85. The van der Waals surface area contributed by atoms with Crippen molar-refractivity contribution in [2.45, 2.75) is 6.04 Å². The molecule has 2 heterocycles. The minimum absolute atomic E-state index is 0.269. The molecule has 1 atom stereocenters. The molecule has 0 radical (unpaired) electrons. The van der Waals surface area contributed by atoms with E-state index in [-0.39, 0.29) is 6.04 Å². The number of hydrogen-bond donors (Lipinski definition) is 1. The van der Waals surface area contributed by atoms with Crippen LogP contribution in [0.3, 0.4) is 0 Å². The maximum Gasteiger partial charge on any atom is 0.0991 e. The fraction of sp³-hybridized carbons (Fsp3) is 0.312. The SMILES string of the molecule is N#Cc1cccc([C@@H](c2cccs2)N2CCNCC2)c1. The fourth-order valence-corrected chi connectivity index (χ4v) is 3.61. The maximum atomic E-state index is 9.11. The van der Waals surface area contributed by atoms with Gasteiger partial charge in [-0.3, -0.25) is 4.90 Å². The summed E-state index contributed by atoms with van der Waals surface area (Å²) in [6.07, 6.45) is 0. The summed E-state index contributed by atoms with van der Waals surface area (Å²) >= 11 is 1.79. The summed E-state index contributed by atoms with van der Waals surface area (Å²) in [6, 6.07) is 14.8. The van der Waals surface area contributed by atoms with Gasteiger partial charge in [0.05, 0.1) is 17.7 Å². The molecule has 1 aromatic carbocycles. The summed E-state index contributed by atoms with van der Waals surface area (Å²) < 4.78 is 0. The van der Waals surface area contributed by atoms with Crippen LogP contribution in [0.25, 0.3) is 0 Å². The van der Waals surface area contributed by atoms with E-state index in [1.54, 1.807) is 11.3 Å². The Morgan fingerprint density at radius 2 is 2.05 bits per heavy atom. The second-order valence-corrected chi connectivity index (χ2v) is 5.92. The van der Waals surface area contributed by atoms with Crippen molar-refractivity contribution < 1.29 is 0 Å². The highest BCUT2D eigenvalue weighted by molar-refractivity contribution is 7.10. The van der Waals surface area contributed by atoms with Crippen molar-refractivity contribution in [2.75, 3.05) is 26.2 Å². The maximum absolute atomic E-state index is 9.11. The molecule has 3 nitrogen and oxygen atoms in total. The second kappa shape index (κ2) is 6.19. The molecule has 0 aliphatic carbocycles. The van der Waals surface area contributed by atoms with E-state index in [2.05, 4.69) is 39.9 Å². The van der Waals surface area contributed by atoms with E-state index in [0.717, 1.165) is 31.7 Å². The molecule has 4 heteroatoms. The molecule has 1 aliphatic rings. The van der Waals surface area contributed by atoms with Gasteiger partial charge in [-0.25, -0.2) is 0 Å². The quantitative estimate of drug-likeness (QED) is 0.941. The first-order valence-corrected chi connectivity index (χ1v) is 7.74. The Bertz CT molecular complexity index is 594. The zero-order chi connectivity index (χ0) is 13.8. The highest BCUT2D eigenvalue weighted by Crippen LogP contribution is 2.32. The Kier molecular flexibility index (Phi) is 4.12. The number of nitrogens with one attached hydrogen (secondary N) is 1. The van der Waals surface area contributed by atoms with Crippen LogP contribution in [0.4, 0.5) is 0 Å². The van der Waals surface area contributed by atoms with Crippen LogP contribution in [0, 0.1) is 11.3 Å². The number of piperazine rings is 1. The van der Waals surface area contributed by atoms with E-state index in [9.17, 15) is 0 Å². The van der Waals surface area contributed by atoms with E-state index in [4.69, 9.17) is 5.26 Å². The molecule has 20 heavy (non-hydrogen) atoms. The molecule has 3 rings (SSSR count). The van der Waals surface area contributed by atoms with Crippen molar-refractivity contribution in [3.05, 3.63) is 57.8 Å². The first-order chi connectivity index (χ1) is 9.88.